The minimum atomic E-state index is -0.202. The molecule has 176 valence electrons. The highest BCUT2D eigenvalue weighted by Crippen LogP contribution is 2.33. The molecular formula is C24H25FIN7S. The lowest BCUT2D eigenvalue weighted by Gasteiger charge is -2.32. The van der Waals surface area contributed by atoms with Crippen molar-refractivity contribution < 1.29 is 4.39 Å². The van der Waals surface area contributed by atoms with Gasteiger partial charge in [-0.25, -0.2) is 14.4 Å². The van der Waals surface area contributed by atoms with E-state index in [4.69, 9.17) is 0 Å². The Morgan fingerprint density at radius 3 is 2.53 bits per heavy atom. The number of hydrogen-bond donors (Lipinski definition) is 2. The molecule has 1 aliphatic heterocycles. The summed E-state index contributed by atoms with van der Waals surface area (Å²) in [5, 5.41) is 7.42. The maximum absolute atomic E-state index is 13.9. The average Bonchev–Trinajstić information content (AvgIpc) is 3.26. The molecule has 0 radical (unpaired) electrons. The molecule has 10 heteroatoms. The molecule has 2 aromatic carbocycles. The van der Waals surface area contributed by atoms with Gasteiger partial charge in [-0.1, -0.05) is 46.1 Å². The minimum absolute atomic E-state index is 0.202. The Morgan fingerprint density at radius 2 is 1.76 bits per heavy atom. The van der Waals surface area contributed by atoms with Crippen LogP contribution >= 0.6 is 33.9 Å². The molecule has 1 saturated heterocycles. The van der Waals surface area contributed by atoms with Gasteiger partial charge in [0, 0.05) is 48.5 Å². The first-order chi connectivity index (χ1) is 16.6. The normalized spacial score (nSPS) is 15.0. The van der Waals surface area contributed by atoms with E-state index in [-0.39, 0.29) is 5.82 Å². The van der Waals surface area contributed by atoms with Crippen LogP contribution in [0.2, 0.25) is 0 Å². The summed E-state index contributed by atoms with van der Waals surface area (Å²) in [7, 11) is 2.18. The zero-order valence-electron chi connectivity index (χ0n) is 18.8. The van der Waals surface area contributed by atoms with Crippen molar-refractivity contribution in [1.29, 1.82) is 0 Å². The molecule has 0 spiro atoms. The first-order valence-electron chi connectivity index (χ1n) is 11.1. The van der Waals surface area contributed by atoms with Gasteiger partial charge in [-0.05, 0) is 48.5 Å². The summed E-state index contributed by atoms with van der Waals surface area (Å²) >= 11 is 3.64. The van der Waals surface area contributed by atoms with E-state index in [1.807, 2.05) is 0 Å². The fraction of sp³-hybridized carbons (Fsp3) is 0.292. The molecule has 0 atom stereocenters. The van der Waals surface area contributed by atoms with Gasteiger partial charge >= 0.3 is 0 Å². The Labute approximate surface area is 215 Å². The number of halogens is 2. The van der Waals surface area contributed by atoms with Crippen molar-refractivity contribution in [1.82, 2.24) is 24.8 Å². The lowest BCUT2D eigenvalue weighted by Crippen LogP contribution is -2.43. The molecule has 0 saturated carbocycles. The van der Waals surface area contributed by atoms with Crippen LogP contribution in [-0.4, -0.2) is 58.0 Å². The standard InChI is InChI=1S/C24H25FIN7S/c1-32-8-10-33(11-9-32)14-16-2-4-18(5-3-16)30-24-31-23-21(34-24)22(27-15-28-23)29-19-6-7-20(25)17(12-19)13-26/h2-7,12,15H,8-11,13-14H2,1H3,(H2,27,28,29,30,31). The number of nitrogens with one attached hydrogen (secondary N) is 2. The molecule has 3 heterocycles. The third-order valence-electron chi connectivity index (χ3n) is 5.85. The summed E-state index contributed by atoms with van der Waals surface area (Å²) in [6.07, 6.45) is 1.49. The largest absolute Gasteiger partial charge is 0.339 e. The predicted molar refractivity (Wildman–Crippen MR) is 145 cm³/mol. The SMILES string of the molecule is CN1CCN(Cc2ccc(Nc3nc4ncnc(Nc5ccc(F)c(CI)c5)c4s3)cc2)CC1. The van der Waals surface area contributed by atoms with Crippen LogP contribution in [0.1, 0.15) is 11.1 Å². The molecule has 0 aliphatic carbocycles. The summed E-state index contributed by atoms with van der Waals surface area (Å²) in [6.45, 7) is 5.44. The smallest absolute Gasteiger partial charge is 0.189 e. The van der Waals surface area contributed by atoms with Crippen molar-refractivity contribution in [2.75, 3.05) is 43.9 Å². The van der Waals surface area contributed by atoms with Crippen LogP contribution < -0.4 is 10.6 Å². The van der Waals surface area contributed by atoms with Crippen LogP contribution in [0.15, 0.2) is 48.8 Å². The Bertz CT molecular complexity index is 1270. The average molecular weight is 589 g/mol. The van der Waals surface area contributed by atoms with Gasteiger partial charge in [0.15, 0.2) is 16.6 Å². The van der Waals surface area contributed by atoms with E-state index >= 15 is 0 Å². The van der Waals surface area contributed by atoms with Crippen LogP contribution in [0.4, 0.5) is 26.7 Å². The van der Waals surface area contributed by atoms with Gasteiger partial charge in [-0.15, -0.1) is 0 Å². The first kappa shape index (κ1) is 23.3. The van der Waals surface area contributed by atoms with E-state index in [2.05, 4.69) is 89.3 Å². The Balaban J connectivity index is 1.28. The summed E-state index contributed by atoms with van der Waals surface area (Å²) in [4.78, 5) is 18.2. The number of fused-ring (bicyclic) bond motifs is 1. The lowest BCUT2D eigenvalue weighted by atomic mass is 10.2. The fourth-order valence-corrected chi connectivity index (χ4v) is 5.34. The third kappa shape index (κ3) is 5.45. The topological polar surface area (TPSA) is 69.2 Å². The molecule has 5 rings (SSSR count). The number of piperazine rings is 1. The van der Waals surface area contributed by atoms with Gasteiger partial charge in [0.25, 0.3) is 0 Å². The highest BCUT2D eigenvalue weighted by molar-refractivity contribution is 14.1. The second-order valence-corrected chi connectivity index (χ2v) is 10.1. The maximum atomic E-state index is 13.9. The number of rotatable bonds is 7. The number of aromatic nitrogens is 3. The van der Waals surface area contributed by atoms with Crippen molar-refractivity contribution in [2.24, 2.45) is 0 Å². The number of benzene rings is 2. The molecule has 1 fully saturated rings. The van der Waals surface area contributed by atoms with Crippen LogP contribution in [0.5, 0.6) is 0 Å². The zero-order valence-corrected chi connectivity index (χ0v) is 21.7. The van der Waals surface area contributed by atoms with Crippen LogP contribution in [-0.2, 0) is 11.0 Å². The van der Waals surface area contributed by atoms with E-state index < -0.39 is 0 Å². The van der Waals surface area contributed by atoms with Gasteiger partial charge < -0.3 is 15.5 Å². The van der Waals surface area contributed by atoms with Gasteiger partial charge in [0.2, 0.25) is 0 Å². The lowest BCUT2D eigenvalue weighted by molar-refractivity contribution is 0.148. The van der Waals surface area contributed by atoms with Crippen molar-refractivity contribution in [3.05, 3.63) is 65.7 Å². The molecule has 0 bridgehead atoms. The number of nitrogens with zero attached hydrogens (tertiary/aromatic N) is 5. The maximum Gasteiger partial charge on any atom is 0.189 e. The molecule has 2 N–H and O–H groups in total. The van der Waals surface area contributed by atoms with Crippen molar-refractivity contribution >= 4 is 66.6 Å². The molecule has 0 amide bonds. The van der Waals surface area contributed by atoms with E-state index in [1.165, 1.54) is 29.3 Å². The Kier molecular flexibility index (Phi) is 7.18. The van der Waals surface area contributed by atoms with Crippen molar-refractivity contribution in [3.63, 3.8) is 0 Å². The third-order valence-corrected chi connectivity index (χ3v) is 7.64. The Morgan fingerprint density at radius 1 is 1.00 bits per heavy atom. The fourth-order valence-electron chi connectivity index (χ4n) is 3.87. The number of hydrogen-bond acceptors (Lipinski definition) is 8. The quantitative estimate of drug-likeness (QED) is 0.221. The van der Waals surface area contributed by atoms with Crippen molar-refractivity contribution in [2.45, 2.75) is 11.0 Å². The number of likely N-dealkylation sites (N-methyl/N-ethyl adjacent to an activating group) is 1. The number of anilines is 4. The van der Waals surface area contributed by atoms with Gasteiger partial charge in [-0.3, -0.25) is 4.90 Å². The summed E-state index contributed by atoms with van der Waals surface area (Å²) in [5.41, 5.74) is 4.34. The molecule has 0 unspecified atom stereocenters. The van der Waals surface area contributed by atoms with Crippen LogP contribution in [0.3, 0.4) is 0 Å². The van der Waals surface area contributed by atoms with E-state index in [1.54, 1.807) is 12.1 Å². The first-order valence-corrected chi connectivity index (χ1v) is 13.4. The van der Waals surface area contributed by atoms with Gasteiger partial charge in [0.05, 0.1) is 0 Å². The molecular weight excluding hydrogens is 564 g/mol. The van der Waals surface area contributed by atoms with E-state index in [9.17, 15) is 4.39 Å². The zero-order chi connectivity index (χ0) is 23.5. The molecule has 7 nitrogen and oxygen atoms in total. The highest BCUT2D eigenvalue weighted by Gasteiger charge is 2.15. The van der Waals surface area contributed by atoms with E-state index in [0.29, 0.717) is 21.5 Å². The second-order valence-electron chi connectivity index (χ2n) is 8.36. The monoisotopic (exact) mass is 589 g/mol. The summed E-state index contributed by atoms with van der Waals surface area (Å²) < 4.78 is 15.3. The summed E-state index contributed by atoms with van der Waals surface area (Å²) in [5.74, 6) is 0.454. The van der Waals surface area contributed by atoms with E-state index in [0.717, 1.165) is 53.9 Å². The van der Waals surface area contributed by atoms with Gasteiger partial charge in [0.1, 0.15) is 16.8 Å². The van der Waals surface area contributed by atoms with Crippen molar-refractivity contribution in [3.8, 4) is 0 Å². The molecule has 2 aromatic heterocycles. The second kappa shape index (κ2) is 10.5. The van der Waals surface area contributed by atoms with Crippen LogP contribution in [0.25, 0.3) is 10.3 Å². The predicted octanol–water partition coefficient (Wildman–Crippen LogP) is 5.40. The molecule has 4 aromatic rings. The molecule has 34 heavy (non-hydrogen) atoms. The van der Waals surface area contributed by atoms with Crippen LogP contribution in [0, 0.1) is 5.82 Å². The molecule has 1 aliphatic rings. The summed E-state index contributed by atoms with van der Waals surface area (Å²) in [6, 6.07) is 13.5. The Hall–Kier alpha value is -2.41. The number of alkyl halides is 1. The number of thiazole rings is 1. The van der Waals surface area contributed by atoms with Gasteiger partial charge in [-0.2, -0.15) is 4.98 Å². The highest BCUT2D eigenvalue weighted by atomic mass is 127. The minimum Gasteiger partial charge on any atom is -0.339 e.